The third-order valence-corrected chi connectivity index (χ3v) is 3.30. The first-order chi connectivity index (χ1) is 10.6. The molecular weight excluding hydrogens is 313 g/mol. The molecule has 3 rings (SSSR count). The molecule has 2 aromatic heterocycles. The first-order valence-electron chi connectivity index (χ1n) is 6.22. The molecule has 22 heavy (non-hydrogen) atoms. The van der Waals surface area contributed by atoms with Gasteiger partial charge in [-0.3, -0.25) is 4.79 Å². The molecule has 0 saturated carbocycles. The molecule has 0 aliphatic rings. The Labute approximate surface area is 128 Å². The minimum absolute atomic E-state index is 0.107. The highest BCUT2D eigenvalue weighted by molar-refractivity contribution is 6.33. The average Bonchev–Trinajstić information content (AvgIpc) is 2.85. The van der Waals surface area contributed by atoms with Crippen LogP contribution in [0.5, 0.6) is 0 Å². The summed E-state index contributed by atoms with van der Waals surface area (Å²) in [5.41, 5.74) is 0.658. The van der Waals surface area contributed by atoms with Gasteiger partial charge in [-0.1, -0.05) is 41.9 Å². The third kappa shape index (κ3) is 2.35. The van der Waals surface area contributed by atoms with E-state index in [1.54, 1.807) is 24.3 Å². The zero-order valence-electron chi connectivity index (χ0n) is 11.0. The highest BCUT2D eigenvalue weighted by Gasteiger charge is 2.18. The summed E-state index contributed by atoms with van der Waals surface area (Å²) in [6.07, 6.45) is 0. The van der Waals surface area contributed by atoms with Crippen LogP contribution in [0.4, 0.5) is 4.39 Å². The second-order valence-corrected chi connectivity index (χ2v) is 4.71. The van der Waals surface area contributed by atoms with E-state index in [1.165, 1.54) is 0 Å². The molecule has 0 amide bonds. The van der Waals surface area contributed by atoms with E-state index in [0.29, 0.717) is 11.1 Å². The molecule has 6 nitrogen and oxygen atoms in total. The fraction of sp³-hybridized carbons (Fsp3) is 0.0714. The van der Waals surface area contributed by atoms with Gasteiger partial charge in [0.1, 0.15) is 11.3 Å². The molecule has 0 saturated heterocycles. The Morgan fingerprint density at radius 1 is 1.36 bits per heavy atom. The summed E-state index contributed by atoms with van der Waals surface area (Å²) in [5, 5.41) is 4.05. The number of benzene rings is 1. The van der Waals surface area contributed by atoms with E-state index in [-0.39, 0.29) is 16.5 Å². The molecule has 0 aliphatic heterocycles. The molecule has 0 fully saturated rings. The van der Waals surface area contributed by atoms with Crippen LogP contribution in [0.1, 0.15) is 10.5 Å². The van der Waals surface area contributed by atoms with Crippen LogP contribution in [0.3, 0.4) is 0 Å². The van der Waals surface area contributed by atoms with Crippen molar-refractivity contribution in [2.75, 3.05) is 6.86 Å². The van der Waals surface area contributed by atoms with Crippen molar-refractivity contribution >= 4 is 23.2 Å². The maximum atomic E-state index is 12.1. The molecule has 2 heterocycles. The second-order valence-electron chi connectivity index (χ2n) is 4.35. The zero-order chi connectivity index (χ0) is 15.7. The smallest absolute Gasteiger partial charge is 0.357 e. The van der Waals surface area contributed by atoms with Gasteiger partial charge in [-0.15, -0.1) is 0 Å². The summed E-state index contributed by atoms with van der Waals surface area (Å²) in [4.78, 5) is 26.3. The largest absolute Gasteiger partial charge is 0.429 e. The molecular formula is C14H9ClFN3O3. The quantitative estimate of drug-likeness (QED) is 0.752. The molecule has 3 aromatic rings. The Balaban J connectivity index is 2.27. The van der Waals surface area contributed by atoms with Gasteiger partial charge in [-0.25, -0.2) is 9.18 Å². The van der Waals surface area contributed by atoms with Gasteiger partial charge in [0.25, 0.3) is 5.56 Å². The molecule has 0 spiro atoms. The summed E-state index contributed by atoms with van der Waals surface area (Å²) >= 11 is 6.10. The lowest BCUT2D eigenvalue weighted by Crippen LogP contribution is -2.18. The molecule has 8 heteroatoms. The Kier molecular flexibility index (Phi) is 3.64. The van der Waals surface area contributed by atoms with Gasteiger partial charge >= 0.3 is 5.97 Å². The highest BCUT2D eigenvalue weighted by Crippen LogP contribution is 2.29. The minimum Gasteiger partial charge on any atom is -0.429 e. The topological polar surface area (TPSA) is 76.5 Å². The standard InChI is InChI=1S/C14H9ClFN3O3/c15-12-11(8-4-2-1-3-5-8)13-17-9(14(21)22-7-16)6-10(20)19(13)18-12/h1-6,17H,7H2. The lowest BCUT2D eigenvalue weighted by molar-refractivity contribution is 0.0317. The van der Waals surface area contributed by atoms with Crippen LogP contribution in [-0.4, -0.2) is 27.4 Å². The van der Waals surface area contributed by atoms with E-state index in [2.05, 4.69) is 14.8 Å². The van der Waals surface area contributed by atoms with Crippen molar-refractivity contribution in [1.29, 1.82) is 0 Å². The number of fused-ring (bicyclic) bond motifs is 1. The number of H-pyrrole nitrogens is 1. The molecule has 1 N–H and O–H groups in total. The van der Waals surface area contributed by atoms with Crippen molar-refractivity contribution in [3.05, 3.63) is 57.6 Å². The minimum atomic E-state index is -1.28. The van der Waals surface area contributed by atoms with Crippen LogP contribution in [0.25, 0.3) is 16.8 Å². The molecule has 1 aromatic carbocycles. The number of halogens is 2. The lowest BCUT2D eigenvalue weighted by Gasteiger charge is -2.03. The van der Waals surface area contributed by atoms with E-state index < -0.39 is 18.4 Å². The van der Waals surface area contributed by atoms with Crippen molar-refractivity contribution in [3.8, 4) is 11.1 Å². The van der Waals surface area contributed by atoms with E-state index >= 15 is 0 Å². The van der Waals surface area contributed by atoms with Gasteiger partial charge in [-0.05, 0) is 5.56 Å². The number of hydrogen-bond donors (Lipinski definition) is 1. The van der Waals surface area contributed by atoms with Crippen LogP contribution in [0.2, 0.25) is 5.15 Å². The maximum Gasteiger partial charge on any atom is 0.357 e. The number of alkyl halides is 1. The van der Waals surface area contributed by atoms with Crippen molar-refractivity contribution in [2.45, 2.75) is 0 Å². The van der Waals surface area contributed by atoms with Crippen molar-refractivity contribution in [1.82, 2.24) is 14.6 Å². The summed E-state index contributed by atoms with van der Waals surface area (Å²) in [7, 11) is 0. The molecule has 0 atom stereocenters. The number of aromatic nitrogens is 3. The number of carbonyl (C=O) groups is 1. The number of nitrogens with zero attached hydrogens (tertiary/aromatic N) is 2. The number of nitrogens with one attached hydrogen (secondary N) is 1. The summed E-state index contributed by atoms with van der Waals surface area (Å²) in [6.45, 7) is -1.28. The number of esters is 1. The Hall–Kier alpha value is -2.67. The fourth-order valence-corrected chi connectivity index (χ4v) is 2.39. The normalized spacial score (nSPS) is 10.8. The number of hydrogen-bond acceptors (Lipinski definition) is 4. The van der Waals surface area contributed by atoms with Gasteiger partial charge in [0, 0.05) is 6.07 Å². The summed E-state index contributed by atoms with van der Waals surface area (Å²) < 4.78 is 17.4. The van der Waals surface area contributed by atoms with E-state index in [0.717, 1.165) is 10.6 Å². The number of aromatic amines is 1. The van der Waals surface area contributed by atoms with Gasteiger partial charge in [0.15, 0.2) is 5.15 Å². The molecule has 0 aliphatic carbocycles. The predicted molar refractivity (Wildman–Crippen MR) is 77.6 cm³/mol. The fourth-order valence-electron chi connectivity index (χ4n) is 2.11. The Bertz CT molecular complexity index is 905. The molecule has 0 unspecified atom stereocenters. The lowest BCUT2D eigenvalue weighted by atomic mass is 10.1. The molecule has 112 valence electrons. The van der Waals surface area contributed by atoms with E-state index in [4.69, 9.17) is 11.6 Å². The van der Waals surface area contributed by atoms with Crippen LogP contribution in [0.15, 0.2) is 41.2 Å². The monoisotopic (exact) mass is 321 g/mol. The van der Waals surface area contributed by atoms with Crippen molar-refractivity contribution < 1.29 is 13.9 Å². The summed E-state index contributed by atoms with van der Waals surface area (Å²) in [5.74, 6) is -0.974. The van der Waals surface area contributed by atoms with Crippen molar-refractivity contribution in [2.24, 2.45) is 0 Å². The van der Waals surface area contributed by atoms with Crippen LogP contribution in [-0.2, 0) is 4.74 Å². The number of rotatable bonds is 3. The maximum absolute atomic E-state index is 12.1. The SMILES string of the molecule is O=C(OCF)c1cc(=O)n2nc(Cl)c(-c3ccccc3)c2[nH]1. The molecule has 0 bridgehead atoms. The van der Waals surface area contributed by atoms with Gasteiger partial charge in [-0.2, -0.15) is 9.61 Å². The van der Waals surface area contributed by atoms with Gasteiger partial charge < -0.3 is 9.72 Å². The molecule has 0 radical (unpaired) electrons. The first kappa shape index (κ1) is 14.3. The second kappa shape index (κ2) is 5.61. The average molecular weight is 322 g/mol. The van der Waals surface area contributed by atoms with Crippen LogP contribution >= 0.6 is 11.6 Å². The Morgan fingerprint density at radius 3 is 2.77 bits per heavy atom. The van der Waals surface area contributed by atoms with Gasteiger partial charge in [0.05, 0.1) is 5.56 Å². The third-order valence-electron chi connectivity index (χ3n) is 3.04. The van der Waals surface area contributed by atoms with E-state index in [9.17, 15) is 14.0 Å². The zero-order valence-corrected chi connectivity index (χ0v) is 11.8. The predicted octanol–water partition coefficient (Wildman–Crippen LogP) is 2.43. The van der Waals surface area contributed by atoms with Gasteiger partial charge in [0.2, 0.25) is 6.86 Å². The van der Waals surface area contributed by atoms with Crippen molar-refractivity contribution in [3.63, 3.8) is 0 Å². The Morgan fingerprint density at radius 2 is 2.09 bits per heavy atom. The van der Waals surface area contributed by atoms with Crippen LogP contribution < -0.4 is 5.56 Å². The van der Waals surface area contributed by atoms with Crippen LogP contribution in [0, 0.1) is 0 Å². The highest BCUT2D eigenvalue weighted by atomic mass is 35.5. The number of carbonyl (C=O) groups excluding carboxylic acids is 1. The first-order valence-corrected chi connectivity index (χ1v) is 6.59. The van der Waals surface area contributed by atoms with E-state index in [1.807, 2.05) is 6.07 Å². The number of ether oxygens (including phenoxy) is 1. The summed E-state index contributed by atoms with van der Waals surface area (Å²) in [6, 6.07) is 9.98.